The molecule has 0 atom stereocenters. The molecule has 0 aliphatic heterocycles. The molecule has 0 bridgehead atoms. The van der Waals surface area contributed by atoms with Gasteiger partial charge in [0.2, 0.25) is 0 Å². The molecule has 0 saturated heterocycles. The average molecular weight is 292 g/mol. The van der Waals surface area contributed by atoms with Gasteiger partial charge < -0.3 is 4.52 Å². The molecule has 0 radical (unpaired) electrons. The van der Waals surface area contributed by atoms with Crippen molar-refractivity contribution in [2.24, 2.45) is 0 Å². The van der Waals surface area contributed by atoms with Crippen LogP contribution in [0.3, 0.4) is 0 Å². The largest absolute Gasteiger partial charge is 0.417 e. The Hall–Kier alpha value is -1.30. The molecular weight excluding hydrogens is 287 g/mol. The maximum absolute atomic E-state index is 12.7. The normalized spacial score (nSPS) is 11.8. The van der Waals surface area contributed by atoms with E-state index in [1.54, 1.807) is 0 Å². The number of rotatable bonds is 1. The van der Waals surface area contributed by atoms with Gasteiger partial charge in [-0.05, 0) is 12.1 Å². The van der Waals surface area contributed by atoms with Gasteiger partial charge in [-0.15, -0.1) is 0 Å². The van der Waals surface area contributed by atoms with Crippen LogP contribution < -0.4 is 0 Å². The van der Waals surface area contributed by atoms with Crippen LogP contribution in [-0.4, -0.2) is 5.16 Å². The van der Waals surface area contributed by atoms with Crippen molar-refractivity contribution in [3.05, 3.63) is 40.6 Å². The first-order valence-electron chi connectivity index (χ1n) is 4.26. The zero-order valence-electron chi connectivity index (χ0n) is 7.75. The van der Waals surface area contributed by atoms with Gasteiger partial charge >= 0.3 is 6.18 Å². The fraction of sp³-hybridized carbons (Fsp3) is 0.100. The molecule has 0 amide bonds. The van der Waals surface area contributed by atoms with E-state index < -0.39 is 11.7 Å². The van der Waals surface area contributed by atoms with E-state index in [9.17, 15) is 13.2 Å². The SMILES string of the molecule is FC(F)(F)c1cc(Br)ccc1-c1ccon1. The Balaban J connectivity index is 2.62. The van der Waals surface area contributed by atoms with Crippen LogP contribution in [0, 0.1) is 0 Å². The molecule has 1 aromatic heterocycles. The van der Waals surface area contributed by atoms with E-state index in [0.29, 0.717) is 4.47 Å². The summed E-state index contributed by atoms with van der Waals surface area (Å²) >= 11 is 3.01. The zero-order valence-corrected chi connectivity index (χ0v) is 9.34. The van der Waals surface area contributed by atoms with Crippen molar-refractivity contribution in [1.82, 2.24) is 5.16 Å². The van der Waals surface area contributed by atoms with Crippen molar-refractivity contribution in [2.45, 2.75) is 6.18 Å². The molecule has 6 heteroatoms. The highest BCUT2D eigenvalue weighted by molar-refractivity contribution is 9.10. The molecule has 0 spiro atoms. The molecule has 0 saturated carbocycles. The molecule has 84 valence electrons. The van der Waals surface area contributed by atoms with Gasteiger partial charge in [-0.1, -0.05) is 27.2 Å². The van der Waals surface area contributed by atoms with Gasteiger partial charge in [-0.3, -0.25) is 0 Å². The van der Waals surface area contributed by atoms with Crippen molar-refractivity contribution in [1.29, 1.82) is 0 Å². The fourth-order valence-corrected chi connectivity index (χ4v) is 1.69. The second-order valence-electron chi connectivity index (χ2n) is 3.07. The molecule has 2 aromatic rings. The molecule has 0 aliphatic carbocycles. The van der Waals surface area contributed by atoms with Crippen LogP contribution >= 0.6 is 15.9 Å². The third-order valence-electron chi connectivity index (χ3n) is 2.00. The lowest BCUT2D eigenvalue weighted by molar-refractivity contribution is -0.137. The maximum atomic E-state index is 12.7. The van der Waals surface area contributed by atoms with Gasteiger partial charge in [0.25, 0.3) is 0 Å². The van der Waals surface area contributed by atoms with Gasteiger partial charge in [0.05, 0.1) is 5.56 Å². The second-order valence-corrected chi connectivity index (χ2v) is 3.99. The minimum absolute atomic E-state index is 0.00412. The summed E-state index contributed by atoms with van der Waals surface area (Å²) in [4.78, 5) is 0. The first kappa shape index (κ1) is 11.2. The standard InChI is InChI=1S/C10H5BrF3NO/c11-6-1-2-7(9-3-4-16-15-9)8(5-6)10(12,13)14/h1-5H. The fourth-order valence-electron chi connectivity index (χ4n) is 1.33. The van der Waals surface area contributed by atoms with Crippen LogP contribution in [0.5, 0.6) is 0 Å². The Kier molecular flexibility index (Phi) is 2.75. The van der Waals surface area contributed by atoms with Crippen LogP contribution in [0.1, 0.15) is 5.56 Å². The van der Waals surface area contributed by atoms with Crippen LogP contribution in [0.15, 0.2) is 39.5 Å². The first-order chi connectivity index (χ1) is 7.48. The van der Waals surface area contributed by atoms with E-state index in [1.807, 2.05) is 0 Å². The predicted octanol–water partition coefficient (Wildman–Crippen LogP) is 4.12. The van der Waals surface area contributed by atoms with Crippen LogP contribution in [0.2, 0.25) is 0 Å². The van der Waals surface area contributed by atoms with E-state index in [0.717, 1.165) is 6.07 Å². The van der Waals surface area contributed by atoms with Crippen LogP contribution in [0.25, 0.3) is 11.3 Å². The van der Waals surface area contributed by atoms with Crippen molar-refractivity contribution in [3.63, 3.8) is 0 Å². The van der Waals surface area contributed by atoms with E-state index >= 15 is 0 Å². The summed E-state index contributed by atoms with van der Waals surface area (Å²) < 4.78 is 43.1. The van der Waals surface area contributed by atoms with Crippen LogP contribution in [-0.2, 0) is 6.18 Å². The number of benzene rings is 1. The van der Waals surface area contributed by atoms with Crippen molar-refractivity contribution in [3.8, 4) is 11.3 Å². The summed E-state index contributed by atoms with van der Waals surface area (Å²) in [7, 11) is 0. The summed E-state index contributed by atoms with van der Waals surface area (Å²) in [5.41, 5.74) is -0.569. The van der Waals surface area contributed by atoms with Crippen molar-refractivity contribution < 1.29 is 17.7 Å². The summed E-state index contributed by atoms with van der Waals surface area (Å²) in [5, 5.41) is 3.50. The van der Waals surface area contributed by atoms with E-state index in [4.69, 9.17) is 0 Å². The van der Waals surface area contributed by atoms with E-state index in [-0.39, 0.29) is 11.3 Å². The number of nitrogens with zero attached hydrogens (tertiary/aromatic N) is 1. The Labute approximate surface area is 97.2 Å². The highest BCUT2D eigenvalue weighted by atomic mass is 79.9. The summed E-state index contributed by atoms with van der Waals surface area (Å²) in [6, 6.07) is 5.28. The Morgan fingerprint density at radius 3 is 2.50 bits per heavy atom. The monoisotopic (exact) mass is 291 g/mol. The molecule has 16 heavy (non-hydrogen) atoms. The minimum atomic E-state index is -4.42. The molecule has 0 N–H and O–H groups in total. The number of aromatic nitrogens is 1. The Morgan fingerprint density at radius 2 is 1.94 bits per heavy atom. The minimum Gasteiger partial charge on any atom is -0.364 e. The molecule has 2 nitrogen and oxygen atoms in total. The van der Waals surface area contributed by atoms with E-state index in [1.165, 1.54) is 24.5 Å². The van der Waals surface area contributed by atoms with Crippen LogP contribution in [0.4, 0.5) is 13.2 Å². The lowest BCUT2D eigenvalue weighted by Crippen LogP contribution is -2.07. The first-order valence-corrected chi connectivity index (χ1v) is 5.05. The van der Waals surface area contributed by atoms with Crippen molar-refractivity contribution >= 4 is 15.9 Å². The van der Waals surface area contributed by atoms with Gasteiger partial charge in [0, 0.05) is 16.1 Å². The quantitative estimate of drug-likeness (QED) is 0.790. The number of alkyl halides is 3. The Bertz CT molecular complexity index is 493. The second kappa shape index (κ2) is 3.93. The van der Waals surface area contributed by atoms with Gasteiger partial charge in [-0.2, -0.15) is 13.2 Å². The zero-order chi connectivity index (χ0) is 11.8. The summed E-state index contributed by atoms with van der Waals surface area (Å²) in [6.07, 6.45) is -3.18. The van der Waals surface area contributed by atoms with Gasteiger partial charge in [-0.25, -0.2) is 0 Å². The number of halogens is 4. The van der Waals surface area contributed by atoms with E-state index in [2.05, 4.69) is 25.6 Å². The average Bonchev–Trinajstić information content (AvgIpc) is 2.69. The molecular formula is C10H5BrF3NO. The molecule has 2 rings (SSSR count). The highest BCUT2D eigenvalue weighted by Crippen LogP contribution is 2.37. The Morgan fingerprint density at radius 1 is 1.19 bits per heavy atom. The molecule has 0 fully saturated rings. The third kappa shape index (κ3) is 2.11. The van der Waals surface area contributed by atoms with Gasteiger partial charge in [0.1, 0.15) is 12.0 Å². The molecule has 0 unspecified atom stereocenters. The third-order valence-corrected chi connectivity index (χ3v) is 2.49. The predicted molar refractivity (Wildman–Crippen MR) is 54.6 cm³/mol. The molecule has 1 heterocycles. The maximum Gasteiger partial charge on any atom is 0.417 e. The van der Waals surface area contributed by atoms with Gasteiger partial charge in [0.15, 0.2) is 0 Å². The van der Waals surface area contributed by atoms with Crippen molar-refractivity contribution in [2.75, 3.05) is 0 Å². The lowest BCUT2D eigenvalue weighted by atomic mass is 10.0. The highest BCUT2D eigenvalue weighted by Gasteiger charge is 2.34. The topological polar surface area (TPSA) is 26.0 Å². The summed E-state index contributed by atoms with van der Waals surface area (Å²) in [5.74, 6) is 0. The molecule has 1 aromatic carbocycles. The number of hydrogen-bond acceptors (Lipinski definition) is 2. The molecule has 0 aliphatic rings. The summed E-state index contributed by atoms with van der Waals surface area (Å²) in [6.45, 7) is 0. The lowest BCUT2D eigenvalue weighted by Gasteiger charge is -2.11. The number of hydrogen-bond donors (Lipinski definition) is 0. The smallest absolute Gasteiger partial charge is 0.364 e.